The molecule has 0 bridgehead atoms. The molecule has 2 aromatic carbocycles. The first-order valence-corrected chi connectivity index (χ1v) is 10.9. The molecule has 4 rings (SSSR count). The highest BCUT2D eigenvalue weighted by Gasteiger charge is 2.11. The Balaban J connectivity index is 1.28. The highest BCUT2D eigenvalue weighted by atomic mass is 32.2. The number of amides is 1. The lowest BCUT2D eigenvalue weighted by molar-refractivity contribution is -0.113. The van der Waals surface area contributed by atoms with E-state index in [0.717, 1.165) is 5.56 Å². The number of thiazole rings is 1. The number of anilines is 2. The normalized spacial score (nSPS) is 10.9. The van der Waals surface area contributed by atoms with Crippen LogP contribution in [0.2, 0.25) is 0 Å². The predicted octanol–water partition coefficient (Wildman–Crippen LogP) is 4.63. The highest BCUT2D eigenvalue weighted by molar-refractivity contribution is 8.01. The molecular formula is C18H14FN5OS3. The van der Waals surface area contributed by atoms with E-state index in [4.69, 9.17) is 0 Å². The van der Waals surface area contributed by atoms with E-state index in [2.05, 4.69) is 25.8 Å². The van der Waals surface area contributed by atoms with Crippen LogP contribution in [-0.2, 0) is 11.3 Å². The van der Waals surface area contributed by atoms with Gasteiger partial charge in [0, 0.05) is 6.54 Å². The number of halogens is 1. The van der Waals surface area contributed by atoms with E-state index in [1.54, 1.807) is 6.07 Å². The lowest BCUT2D eigenvalue weighted by Gasteiger charge is -2.01. The van der Waals surface area contributed by atoms with Crippen LogP contribution in [0.15, 0.2) is 52.9 Å². The summed E-state index contributed by atoms with van der Waals surface area (Å²) in [5.41, 5.74) is 1.81. The van der Waals surface area contributed by atoms with Crippen LogP contribution in [0.4, 0.5) is 14.7 Å². The van der Waals surface area contributed by atoms with Crippen molar-refractivity contribution in [2.24, 2.45) is 0 Å². The zero-order valence-corrected chi connectivity index (χ0v) is 16.8. The fraction of sp³-hybridized carbons (Fsp3) is 0.111. The summed E-state index contributed by atoms with van der Waals surface area (Å²) < 4.78 is 14.6. The minimum absolute atomic E-state index is 0.192. The molecule has 4 aromatic rings. The standard InChI is InChI=1S/C18H14FN5OS3/c19-12-6-7-13-14(8-12)27-17(21-13)22-15(25)10-26-18-24-23-16(28-18)20-9-11-4-2-1-3-5-11/h1-8H,9-10H2,(H,20,23)(H,21,22,25). The summed E-state index contributed by atoms with van der Waals surface area (Å²) in [4.78, 5) is 16.4. The molecule has 2 heterocycles. The fourth-order valence-corrected chi connectivity index (χ4v) is 4.80. The third-order valence-corrected chi connectivity index (χ3v) is 6.56. The van der Waals surface area contributed by atoms with Crippen LogP contribution in [0.1, 0.15) is 5.56 Å². The van der Waals surface area contributed by atoms with Crippen LogP contribution >= 0.6 is 34.4 Å². The number of carbonyl (C=O) groups excluding carboxylic acids is 1. The Labute approximate surface area is 172 Å². The molecule has 0 radical (unpaired) electrons. The Morgan fingerprint density at radius 2 is 1.93 bits per heavy atom. The maximum Gasteiger partial charge on any atom is 0.236 e. The summed E-state index contributed by atoms with van der Waals surface area (Å²) >= 11 is 3.95. The Morgan fingerprint density at radius 1 is 1.07 bits per heavy atom. The quantitative estimate of drug-likeness (QED) is 0.415. The SMILES string of the molecule is O=C(CSc1nnc(NCc2ccccc2)s1)Nc1nc2ccc(F)cc2s1. The third-order valence-electron chi connectivity index (χ3n) is 3.62. The number of benzene rings is 2. The number of fused-ring (bicyclic) bond motifs is 1. The summed E-state index contributed by atoms with van der Waals surface area (Å²) in [6.07, 6.45) is 0. The topological polar surface area (TPSA) is 79.8 Å². The summed E-state index contributed by atoms with van der Waals surface area (Å²) in [5, 5.41) is 15.3. The van der Waals surface area contributed by atoms with Gasteiger partial charge in [0.1, 0.15) is 5.82 Å². The van der Waals surface area contributed by atoms with Crippen LogP contribution in [-0.4, -0.2) is 26.8 Å². The van der Waals surface area contributed by atoms with Gasteiger partial charge < -0.3 is 10.6 Å². The summed E-state index contributed by atoms with van der Waals surface area (Å²) in [6.45, 7) is 0.666. The zero-order valence-electron chi connectivity index (χ0n) is 14.4. The zero-order chi connectivity index (χ0) is 19.3. The number of nitrogens with one attached hydrogen (secondary N) is 2. The van der Waals surface area contributed by atoms with Crippen molar-refractivity contribution in [1.29, 1.82) is 0 Å². The van der Waals surface area contributed by atoms with Gasteiger partial charge in [-0.05, 0) is 23.8 Å². The van der Waals surface area contributed by atoms with Gasteiger partial charge in [0.25, 0.3) is 0 Å². The van der Waals surface area contributed by atoms with Crippen molar-refractivity contribution in [3.63, 3.8) is 0 Å². The van der Waals surface area contributed by atoms with Gasteiger partial charge in [-0.1, -0.05) is 64.8 Å². The van der Waals surface area contributed by atoms with Gasteiger partial charge >= 0.3 is 0 Å². The molecule has 0 fully saturated rings. The van der Waals surface area contributed by atoms with Crippen LogP contribution in [0.25, 0.3) is 10.2 Å². The molecule has 0 spiro atoms. The second-order valence-corrected chi connectivity index (χ2v) is 8.91. The molecule has 0 atom stereocenters. The molecule has 0 aliphatic carbocycles. The van der Waals surface area contributed by atoms with E-state index < -0.39 is 0 Å². The number of hydrogen-bond acceptors (Lipinski definition) is 8. The molecular weight excluding hydrogens is 417 g/mol. The van der Waals surface area contributed by atoms with E-state index in [-0.39, 0.29) is 17.5 Å². The van der Waals surface area contributed by atoms with Crippen molar-refractivity contribution in [1.82, 2.24) is 15.2 Å². The molecule has 2 aromatic heterocycles. The molecule has 0 aliphatic rings. The van der Waals surface area contributed by atoms with Gasteiger partial charge in [-0.2, -0.15) is 0 Å². The lowest BCUT2D eigenvalue weighted by Crippen LogP contribution is -2.13. The van der Waals surface area contributed by atoms with Crippen LogP contribution in [0.3, 0.4) is 0 Å². The molecule has 28 heavy (non-hydrogen) atoms. The second kappa shape index (κ2) is 8.63. The Bertz CT molecular complexity index is 1100. The molecule has 0 saturated carbocycles. The van der Waals surface area contributed by atoms with Crippen molar-refractivity contribution >= 4 is 60.8 Å². The Morgan fingerprint density at radius 3 is 2.79 bits per heavy atom. The van der Waals surface area contributed by atoms with Crippen LogP contribution < -0.4 is 10.6 Å². The molecule has 1 amide bonds. The van der Waals surface area contributed by atoms with Crippen molar-refractivity contribution in [2.75, 3.05) is 16.4 Å². The first kappa shape index (κ1) is 18.8. The van der Waals surface area contributed by atoms with Crippen LogP contribution in [0, 0.1) is 5.82 Å². The average Bonchev–Trinajstić information content (AvgIpc) is 3.31. The number of nitrogens with zero attached hydrogens (tertiary/aromatic N) is 3. The molecule has 0 saturated heterocycles. The highest BCUT2D eigenvalue weighted by Crippen LogP contribution is 2.28. The van der Waals surface area contributed by atoms with Gasteiger partial charge in [-0.15, -0.1) is 10.2 Å². The average molecular weight is 432 g/mol. The van der Waals surface area contributed by atoms with E-state index in [9.17, 15) is 9.18 Å². The first-order chi connectivity index (χ1) is 13.7. The summed E-state index contributed by atoms with van der Waals surface area (Å²) in [7, 11) is 0. The molecule has 2 N–H and O–H groups in total. The van der Waals surface area contributed by atoms with Gasteiger partial charge in [0.05, 0.1) is 16.0 Å². The second-order valence-electron chi connectivity index (χ2n) is 5.68. The maximum absolute atomic E-state index is 13.2. The minimum Gasteiger partial charge on any atom is -0.356 e. The number of thioether (sulfide) groups is 1. The number of carbonyl (C=O) groups is 1. The van der Waals surface area contributed by atoms with Crippen molar-refractivity contribution < 1.29 is 9.18 Å². The van der Waals surface area contributed by atoms with Crippen molar-refractivity contribution in [3.8, 4) is 0 Å². The van der Waals surface area contributed by atoms with Crippen molar-refractivity contribution in [3.05, 3.63) is 59.9 Å². The molecule has 10 heteroatoms. The van der Waals surface area contributed by atoms with Gasteiger partial charge in [0.15, 0.2) is 9.47 Å². The number of aromatic nitrogens is 3. The Hall–Kier alpha value is -2.56. The third kappa shape index (κ3) is 4.83. The van der Waals surface area contributed by atoms with Gasteiger partial charge in [0.2, 0.25) is 11.0 Å². The van der Waals surface area contributed by atoms with Crippen molar-refractivity contribution in [2.45, 2.75) is 10.9 Å². The Kier molecular flexibility index (Phi) is 5.79. The fourth-order valence-electron chi connectivity index (χ4n) is 2.35. The molecule has 6 nitrogen and oxygen atoms in total. The minimum atomic E-state index is -0.322. The molecule has 0 aliphatic heterocycles. The molecule has 0 unspecified atom stereocenters. The van der Waals surface area contributed by atoms with Crippen LogP contribution in [0.5, 0.6) is 0 Å². The maximum atomic E-state index is 13.2. The summed E-state index contributed by atoms with van der Waals surface area (Å²) in [6, 6.07) is 14.4. The number of rotatable bonds is 7. The largest absolute Gasteiger partial charge is 0.356 e. The van der Waals surface area contributed by atoms with E-state index >= 15 is 0 Å². The predicted molar refractivity (Wildman–Crippen MR) is 113 cm³/mol. The molecule has 142 valence electrons. The first-order valence-electron chi connectivity index (χ1n) is 8.26. The smallest absolute Gasteiger partial charge is 0.236 e. The monoisotopic (exact) mass is 431 g/mol. The van der Waals surface area contributed by atoms with E-state index in [0.29, 0.717) is 31.4 Å². The van der Waals surface area contributed by atoms with E-state index in [1.807, 2.05) is 30.3 Å². The van der Waals surface area contributed by atoms with Gasteiger partial charge in [-0.25, -0.2) is 9.37 Å². The lowest BCUT2D eigenvalue weighted by atomic mass is 10.2. The number of hydrogen-bond donors (Lipinski definition) is 2. The van der Waals surface area contributed by atoms with E-state index in [1.165, 1.54) is 46.6 Å². The van der Waals surface area contributed by atoms with Gasteiger partial charge in [-0.3, -0.25) is 4.79 Å². The summed E-state index contributed by atoms with van der Waals surface area (Å²) in [5.74, 6) is -0.325.